The van der Waals surface area contributed by atoms with Crippen molar-refractivity contribution in [3.05, 3.63) is 63.0 Å². The fraction of sp³-hybridized carbons (Fsp3) is 0.0714. The highest BCUT2D eigenvalue weighted by molar-refractivity contribution is 9.10. The first-order valence-corrected chi connectivity index (χ1v) is 6.42. The lowest BCUT2D eigenvalue weighted by Crippen LogP contribution is -2.14. The molecular weight excluding hydrogens is 292 g/mol. The maximum atomic E-state index is 12.0. The summed E-state index contributed by atoms with van der Waals surface area (Å²) in [7, 11) is 0. The number of nitrogens with one attached hydrogen (secondary N) is 1. The molecule has 0 aliphatic heterocycles. The van der Waals surface area contributed by atoms with Crippen molar-refractivity contribution in [3.8, 4) is 5.69 Å². The van der Waals surface area contributed by atoms with Gasteiger partial charge >= 0.3 is 5.69 Å². The zero-order valence-corrected chi connectivity index (χ0v) is 11.4. The van der Waals surface area contributed by atoms with Crippen LogP contribution in [0.1, 0.15) is 5.56 Å². The van der Waals surface area contributed by atoms with Crippen LogP contribution in [0.2, 0.25) is 0 Å². The van der Waals surface area contributed by atoms with Crippen molar-refractivity contribution in [3.63, 3.8) is 0 Å². The lowest BCUT2D eigenvalue weighted by atomic mass is 10.2. The molecule has 0 bridgehead atoms. The van der Waals surface area contributed by atoms with Crippen molar-refractivity contribution in [1.29, 1.82) is 0 Å². The molecule has 18 heavy (non-hydrogen) atoms. The Bertz CT molecular complexity index is 786. The molecule has 1 N–H and O–H groups in total. The summed E-state index contributed by atoms with van der Waals surface area (Å²) >= 11 is 3.49. The number of rotatable bonds is 1. The van der Waals surface area contributed by atoms with Gasteiger partial charge in [0.2, 0.25) is 0 Å². The molecule has 0 atom stereocenters. The first-order valence-electron chi connectivity index (χ1n) is 5.63. The third kappa shape index (κ3) is 1.69. The summed E-state index contributed by atoms with van der Waals surface area (Å²) in [6.07, 6.45) is 0. The molecule has 0 fully saturated rings. The fourth-order valence-electron chi connectivity index (χ4n) is 2.03. The van der Waals surface area contributed by atoms with Crippen LogP contribution in [0.4, 0.5) is 0 Å². The Kier molecular flexibility index (Phi) is 2.59. The van der Waals surface area contributed by atoms with Crippen LogP contribution in [0.5, 0.6) is 0 Å². The average molecular weight is 303 g/mol. The Morgan fingerprint density at radius 2 is 1.94 bits per heavy atom. The van der Waals surface area contributed by atoms with Crippen molar-refractivity contribution in [2.45, 2.75) is 6.92 Å². The molecule has 0 aliphatic rings. The van der Waals surface area contributed by atoms with Gasteiger partial charge in [-0.1, -0.05) is 34.1 Å². The van der Waals surface area contributed by atoms with Crippen LogP contribution < -0.4 is 5.69 Å². The van der Waals surface area contributed by atoms with Gasteiger partial charge in [0.1, 0.15) is 0 Å². The second-order valence-electron chi connectivity index (χ2n) is 4.22. The van der Waals surface area contributed by atoms with Crippen LogP contribution in [-0.4, -0.2) is 9.55 Å². The van der Waals surface area contributed by atoms with E-state index in [9.17, 15) is 4.79 Å². The second kappa shape index (κ2) is 4.14. The van der Waals surface area contributed by atoms with E-state index >= 15 is 0 Å². The SMILES string of the molecule is Cc1ccc(-n2c(=O)[nH]c3ccccc32)cc1Br. The number of aryl methyl sites for hydroxylation is 1. The predicted octanol–water partition coefficient (Wildman–Crippen LogP) is 3.39. The fourth-order valence-corrected chi connectivity index (χ4v) is 2.40. The summed E-state index contributed by atoms with van der Waals surface area (Å²) in [5, 5.41) is 0. The van der Waals surface area contributed by atoms with Gasteiger partial charge in [-0.3, -0.25) is 4.57 Å². The number of fused-ring (bicyclic) bond motifs is 1. The molecule has 2 aromatic carbocycles. The smallest absolute Gasteiger partial charge is 0.305 e. The van der Waals surface area contributed by atoms with Crippen LogP contribution >= 0.6 is 15.9 Å². The van der Waals surface area contributed by atoms with Gasteiger partial charge in [0.15, 0.2) is 0 Å². The summed E-state index contributed by atoms with van der Waals surface area (Å²) in [6, 6.07) is 13.6. The van der Waals surface area contributed by atoms with E-state index in [-0.39, 0.29) is 5.69 Å². The second-order valence-corrected chi connectivity index (χ2v) is 5.07. The van der Waals surface area contributed by atoms with Gasteiger partial charge in [0.25, 0.3) is 0 Å². The van der Waals surface area contributed by atoms with Gasteiger partial charge in [-0.25, -0.2) is 4.79 Å². The van der Waals surface area contributed by atoms with E-state index in [2.05, 4.69) is 20.9 Å². The van der Waals surface area contributed by atoms with E-state index in [0.717, 1.165) is 26.8 Å². The number of benzene rings is 2. The molecule has 1 aromatic heterocycles. The number of hydrogen-bond acceptors (Lipinski definition) is 1. The third-order valence-electron chi connectivity index (χ3n) is 3.00. The number of nitrogens with zero attached hydrogens (tertiary/aromatic N) is 1. The number of aromatic nitrogens is 2. The lowest BCUT2D eigenvalue weighted by molar-refractivity contribution is 1.01. The highest BCUT2D eigenvalue weighted by Crippen LogP contribution is 2.21. The summed E-state index contributed by atoms with van der Waals surface area (Å²) in [4.78, 5) is 14.9. The number of H-pyrrole nitrogens is 1. The largest absolute Gasteiger partial charge is 0.331 e. The molecule has 0 saturated carbocycles. The van der Waals surface area contributed by atoms with Gasteiger partial charge in [-0.2, -0.15) is 0 Å². The maximum Gasteiger partial charge on any atom is 0.331 e. The van der Waals surface area contributed by atoms with Gasteiger partial charge in [0.05, 0.1) is 16.7 Å². The van der Waals surface area contributed by atoms with E-state index in [4.69, 9.17) is 0 Å². The molecule has 4 heteroatoms. The minimum atomic E-state index is -0.119. The first-order chi connectivity index (χ1) is 8.66. The normalized spacial score (nSPS) is 11.0. The Hall–Kier alpha value is -1.81. The van der Waals surface area contributed by atoms with E-state index in [1.807, 2.05) is 49.4 Å². The molecule has 0 radical (unpaired) electrons. The minimum Gasteiger partial charge on any atom is -0.305 e. The monoisotopic (exact) mass is 302 g/mol. The average Bonchev–Trinajstić information content (AvgIpc) is 2.69. The van der Waals surface area contributed by atoms with E-state index < -0.39 is 0 Å². The summed E-state index contributed by atoms with van der Waals surface area (Å²) in [5.74, 6) is 0. The highest BCUT2D eigenvalue weighted by Gasteiger charge is 2.08. The number of imidazole rings is 1. The molecule has 0 amide bonds. The van der Waals surface area contributed by atoms with E-state index in [1.165, 1.54) is 0 Å². The zero-order chi connectivity index (χ0) is 12.7. The van der Waals surface area contributed by atoms with Crippen molar-refractivity contribution in [2.24, 2.45) is 0 Å². The molecule has 3 rings (SSSR count). The van der Waals surface area contributed by atoms with Crippen LogP contribution in [0.3, 0.4) is 0 Å². The van der Waals surface area contributed by atoms with Crippen LogP contribution in [-0.2, 0) is 0 Å². The van der Waals surface area contributed by atoms with E-state index in [1.54, 1.807) is 4.57 Å². The number of para-hydroxylation sites is 2. The Labute approximate surface area is 112 Å². The molecule has 0 spiro atoms. The molecule has 0 aliphatic carbocycles. The van der Waals surface area contributed by atoms with Crippen molar-refractivity contribution >= 4 is 27.0 Å². The quantitative estimate of drug-likeness (QED) is 0.735. The topological polar surface area (TPSA) is 37.8 Å². The number of aromatic amines is 1. The number of halogens is 1. The zero-order valence-electron chi connectivity index (χ0n) is 9.77. The van der Waals surface area contributed by atoms with Crippen molar-refractivity contribution in [1.82, 2.24) is 9.55 Å². The number of hydrogen-bond donors (Lipinski definition) is 1. The van der Waals surface area contributed by atoms with Crippen LogP contribution in [0.15, 0.2) is 51.7 Å². The molecular formula is C14H11BrN2O. The molecule has 1 heterocycles. The summed E-state index contributed by atoms with van der Waals surface area (Å²) < 4.78 is 2.68. The lowest BCUT2D eigenvalue weighted by Gasteiger charge is -2.05. The summed E-state index contributed by atoms with van der Waals surface area (Å²) in [5.41, 5.74) is 3.62. The van der Waals surface area contributed by atoms with Gasteiger partial charge < -0.3 is 4.98 Å². The standard InChI is InChI=1S/C14H11BrN2O/c1-9-6-7-10(8-11(9)15)17-13-5-3-2-4-12(13)16-14(17)18/h2-8H,1H3,(H,16,18). The molecule has 3 aromatic rings. The molecule has 0 saturated heterocycles. The molecule has 3 nitrogen and oxygen atoms in total. The van der Waals surface area contributed by atoms with Crippen LogP contribution in [0.25, 0.3) is 16.7 Å². The summed E-state index contributed by atoms with van der Waals surface area (Å²) in [6.45, 7) is 2.02. The van der Waals surface area contributed by atoms with Gasteiger partial charge in [-0.05, 0) is 36.8 Å². The Morgan fingerprint density at radius 3 is 2.72 bits per heavy atom. The van der Waals surface area contributed by atoms with Crippen molar-refractivity contribution in [2.75, 3.05) is 0 Å². The minimum absolute atomic E-state index is 0.119. The maximum absolute atomic E-state index is 12.0. The first kappa shape index (κ1) is 11.3. The highest BCUT2D eigenvalue weighted by atomic mass is 79.9. The Morgan fingerprint density at radius 1 is 1.17 bits per heavy atom. The van der Waals surface area contributed by atoms with E-state index in [0.29, 0.717) is 0 Å². The van der Waals surface area contributed by atoms with Gasteiger partial charge in [-0.15, -0.1) is 0 Å². The van der Waals surface area contributed by atoms with Crippen molar-refractivity contribution < 1.29 is 0 Å². The van der Waals surface area contributed by atoms with Gasteiger partial charge in [0, 0.05) is 4.47 Å². The van der Waals surface area contributed by atoms with Crippen LogP contribution in [0, 0.1) is 6.92 Å². The predicted molar refractivity (Wildman–Crippen MR) is 76.3 cm³/mol. The molecule has 90 valence electrons. The Balaban J connectivity index is 2.34. The third-order valence-corrected chi connectivity index (χ3v) is 3.86. The molecule has 0 unspecified atom stereocenters.